The van der Waals surface area contributed by atoms with Gasteiger partial charge >= 0.3 is 0 Å². The third-order valence-electron chi connectivity index (χ3n) is 12.9. The molecule has 5 heteroatoms. The predicted octanol–water partition coefficient (Wildman–Crippen LogP) is 14.5. The van der Waals surface area contributed by atoms with Crippen molar-refractivity contribution in [3.05, 3.63) is 241 Å². The molecule has 4 nitrogen and oxygen atoms in total. The quantitative estimate of drug-likeness (QED) is 0.173. The van der Waals surface area contributed by atoms with Crippen LogP contribution >= 0.6 is 11.8 Å². The second-order valence-corrected chi connectivity index (χ2v) is 17.4. The minimum absolute atomic E-state index is 0.618. The molecule has 0 amide bonds. The number of para-hydroxylation sites is 3. The molecule has 294 valence electrons. The summed E-state index contributed by atoms with van der Waals surface area (Å²) in [6, 6.07) is 78.6. The number of hydrogen-bond donors (Lipinski definition) is 0. The highest BCUT2D eigenvalue weighted by Crippen LogP contribution is 2.60. The molecule has 13 rings (SSSR count). The number of nitrogens with zero attached hydrogens (tertiary/aromatic N) is 4. The first-order chi connectivity index (χ1) is 31.2. The van der Waals surface area contributed by atoms with Crippen LogP contribution in [0.3, 0.4) is 0 Å². The summed E-state index contributed by atoms with van der Waals surface area (Å²) < 4.78 is 2.49. The van der Waals surface area contributed by atoms with Gasteiger partial charge in [0.2, 0.25) is 0 Å². The largest absolute Gasteiger partial charge is 0.309 e. The van der Waals surface area contributed by atoms with Crippen LogP contribution in [0, 0.1) is 0 Å². The van der Waals surface area contributed by atoms with Crippen molar-refractivity contribution in [2.45, 2.75) is 15.2 Å². The molecule has 9 aromatic carbocycles. The summed E-state index contributed by atoms with van der Waals surface area (Å²) in [4.78, 5) is 18.3. The molecule has 1 spiro atoms. The number of rotatable bonds is 5. The molecule has 63 heavy (non-hydrogen) atoms. The van der Waals surface area contributed by atoms with Crippen LogP contribution in [0.5, 0.6) is 0 Å². The Kier molecular flexibility index (Phi) is 8.02. The average Bonchev–Trinajstić information content (AvgIpc) is 3.71. The molecule has 0 aliphatic carbocycles. The number of hydrogen-bond acceptors (Lipinski definition) is 4. The molecule has 0 bridgehead atoms. The Balaban J connectivity index is 1.04. The Morgan fingerprint density at radius 2 is 0.810 bits per heavy atom. The van der Waals surface area contributed by atoms with Crippen LogP contribution in [0.1, 0.15) is 22.3 Å². The van der Waals surface area contributed by atoms with E-state index in [-0.39, 0.29) is 0 Å². The highest BCUT2D eigenvalue weighted by molar-refractivity contribution is 7.99. The van der Waals surface area contributed by atoms with Gasteiger partial charge in [0.1, 0.15) is 0 Å². The minimum Gasteiger partial charge on any atom is -0.309 e. The number of aromatic nitrogens is 4. The summed E-state index contributed by atoms with van der Waals surface area (Å²) in [6.45, 7) is 0. The molecular formula is C58H36N4S. The third kappa shape index (κ3) is 5.46. The fraction of sp³-hybridized carbons (Fsp3) is 0.0172. The van der Waals surface area contributed by atoms with Crippen LogP contribution in [0.15, 0.2) is 228 Å². The first-order valence-corrected chi connectivity index (χ1v) is 22.2. The third-order valence-corrected chi connectivity index (χ3v) is 14.1. The van der Waals surface area contributed by atoms with Crippen LogP contribution < -0.4 is 0 Å². The average molecular weight is 821 g/mol. The molecule has 0 saturated heterocycles. The van der Waals surface area contributed by atoms with E-state index in [1.165, 1.54) is 70.7 Å². The fourth-order valence-electron chi connectivity index (χ4n) is 10.1. The maximum absolute atomic E-state index is 5.31. The van der Waals surface area contributed by atoms with Crippen molar-refractivity contribution < 1.29 is 0 Å². The van der Waals surface area contributed by atoms with Crippen LogP contribution in [0.4, 0.5) is 0 Å². The van der Waals surface area contributed by atoms with Crippen LogP contribution in [-0.2, 0) is 5.41 Å². The van der Waals surface area contributed by atoms with E-state index in [0.29, 0.717) is 17.5 Å². The Hall–Kier alpha value is -7.86. The van der Waals surface area contributed by atoms with Crippen LogP contribution in [-0.4, -0.2) is 19.5 Å². The van der Waals surface area contributed by atoms with Gasteiger partial charge in [-0.25, -0.2) is 15.0 Å². The van der Waals surface area contributed by atoms with Crippen molar-refractivity contribution in [1.29, 1.82) is 0 Å². The zero-order valence-electron chi connectivity index (χ0n) is 34.0. The Morgan fingerprint density at radius 3 is 1.49 bits per heavy atom. The van der Waals surface area contributed by atoms with E-state index in [1.54, 1.807) is 0 Å². The zero-order valence-corrected chi connectivity index (χ0v) is 34.8. The summed E-state index contributed by atoms with van der Waals surface area (Å²) >= 11 is 1.84. The molecule has 1 atom stereocenters. The Labute approximate surface area is 369 Å². The van der Waals surface area contributed by atoms with Crippen molar-refractivity contribution in [1.82, 2.24) is 19.5 Å². The van der Waals surface area contributed by atoms with Crippen molar-refractivity contribution in [3.8, 4) is 62.1 Å². The molecule has 0 radical (unpaired) electrons. The molecule has 0 N–H and O–H groups in total. The van der Waals surface area contributed by atoms with E-state index in [4.69, 9.17) is 15.0 Å². The molecular weight excluding hydrogens is 785 g/mol. The van der Waals surface area contributed by atoms with Gasteiger partial charge < -0.3 is 4.57 Å². The summed E-state index contributed by atoms with van der Waals surface area (Å²) in [5, 5.41) is 2.52. The monoisotopic (exact) mass is 820 g/mol. The normalized spacial score (nSPS) is 14.7. The van der Waals surface area contributed by atoms with E-state index in [1.807, 2.05) is 23.9 Å². The topological polar surface area (TPSA) is 43.6 Å². The summed E-state index contributed by atoms with van der Waals surface area (Å²) in [5.41, 5.74) is 15.5. The summed E-state index contributed by atoms with van der Waals surface area (Å²) in [7, 11) is 0. The maximum Gasteiger partial charge on any atom is 0.164 e. The lowest BCUT2D eigenvalue weighted by Gasteiger charge is -2.45. The van der Waals surface area contributed by atoms with E-state index >= 15 is 0 Å². The standard InChI is InChI=1S/C58H36N4S/c1-3-14-37(15-4-1)39-26-30-41(31-27-39)55-59-56(42-32-28-40(29-33-42)38-16-5-2-6-17-38)61-57(60-55)43-34-35-53-49(36-43)58(47-21-9-12-25-52(47)63-53)46-20-8-11-24-51(46)62-50-23-10-7-18-44(50)45-19-13-22-48(58)54(45)62/h1-36H. The minimum atomic E-state index is -0.618. The maximum atomic E-state index is 5.31. The molecule has 2 aromatic heterocycles. The predicted molar refractivity (Wildman–Crippen MR) is 257 cm³/mol. The Bertz CT molecular complexity index is 3480. The molecule has 4 heterocycles. The van der Waals surface area contributed by atoms with Gasteiger partial charge in [-0.15, -0.1) is 0 Å². The SMILES string of the molecule is c1ccc(-c2ccc(-c3nc(-c4ccc(-c5ccccc5)cc4)nc(-c4ccc5c(c4)C4(c6ccccc6S5)c5ccccc5-n5c6ccccc6c6cccc4c65)n3)cc2)cc1. The van der Waals surface area contributed by atoms with Gasteiger partial charge in [0.05, 0.1) is 22.1 Å². The van der Waals surface area contributed by atoms with Crippen molar-refractivity contribution in [3.63, 3.8) is 0 Å². The van der Waals surface area contributed by atoms with Crippen molar-refractivity contribution in [2.75, 3.05) is 0 Å². The van der Waals surface area contributed by atoms with E-state index in [0.717, 1.165) is 27.8 Å². The smallest absolute Gasteiger partial charge is 0.164 e. The highest BCUT2D eigenvalue weighted by Gasteiger charge is 2.49. The van der Waals surface area contributed by atoms with E-state index in [9.17, 15) is 0 Å². The number of benzene rings is 9. The molecule has 0 saturated carbocycles. The van der Waals surface area contributed by atoms with Gasteiger partial charge in [-0.3, -0.25) is 0 Å². The molecule has 2 aliphatic rings. The van der Waals surface area contributed by atoms with Crippen molar-refractivity contribution in [2.24, 2.45) is 0 Å². The van der Waals surface area contributed by atoms with E-state index in [2.05, 4.69) is 211 Å². The first-order valence-electron chi connectivity index (χ1n) is 21.3. The van der Waals surface area contributed by atoms with Gasteiger partial charge in [0.15, 0.2) is 17.5 Å². The van der Waals surface area contributed by atoms with Crippen molar-refractivity contribution >= 4 is 33.6 Å². The first kappa shape index (κ1) is 35.9. The second kappa shape index (κ2) is 14.1. The number of fused-ring (bicyclic) bond motifs is 11. The van der Waals surface area contributed by atoms with Crippen LogP contribution in [0.25, 0.3) is 83.9 Å². The van der Waals surface area contributed by atoms with Gasteiger partial charge in [-0.05, 0) is 74.8 Å². The lowest BCUT2D eigenvalue weighted by Crippen LogP contribution is -2.37. The van der Waals surface area contributed by atoms with Crippen LogP contribution in [0.2, 0.25) is 0 Å². The van der Waals surface area contributed by atoms with Gasteiger partial charge in [0, 0.05) is 37.3 Å². The molecule has 11 aromatic rings. The summed E-state index contributed by atoms with van der Waals surface area (Å²) in [5.74, 6) is 1.89. The Morgan fingerprint density at radius 1 is 0.333 bits per heavy atom. The fourth-order valence-corrected chi connectivity index (χ4v) is 11.3. The van der Waals surface area contributed by atoms with Gasteiger partial charge in [-0.1, -0.05) is 200 Å². The molecule has 0 fully saturated rings. The lowest BCUT2D eigenvalue weighted by atomic mass is 9.62. The van der Waals surface area contributed by atoms with Gasteiger partial charge in [-0.2, -0.15) is 0 Å². The second-order valence-electron chi connectivity index (χ2n) is 16.3. The molecule has 2 aliphatic heterocycles. The zero-order chi connectivity index (χ0) is 41.5. The summed E-state index contributed by atoms with van der Waals surface area (Å²) in [6.07, 6.45) is 0. The lowest BCUT2D eigenvalue weighted by molar-refractivity contribution is 0.689. The molecule has 1 unspecified atom stereocenters. The van der Waals surface area contributed by atoms with Gasteiger partial charge in [0.25, 0.3) is 0 Å². The van der Waals surface area contributed by atoms with E-state index < -0.39 is 5.41 Å². The highest BCUT2D eigenvalue weighted by atomic mass is 32.2.